The van der Waals surface area contributed by atoms with Gasteiger partial charge >= 0.3 is 15.2 Å². The van der Waals surface area contributed by atoms with E-state index in [2.05, 4.69) is 50.6 Å². The third kappa shape index (κ3) is 5.23. The third-order valence-electron chi connectivity index (χ3n) is 7.59. The van der Waals surface area contributed by atoms with Crippen LogP contribution in [-0.4, -0.2) is 75.2 Å². The van der Waals surface area contributed by atoms with Crippen molar-refractivity contribution in [2.45, 2.75) is 24.5 Å². The molecule has 0 radical (unpaired) electrons. The minimum atomic E-state index is -4.86. The van der Waals surface area contributed by atoms with Crippen molar-refractivity contribution < 1.29 is 43.3 Å². The fourth-order valence-corrected chi connectivity index (χ4v) is 8.43. The van der Waals surface area contributed by atoms with Crippen molar-refractivity contribution in [3.8, 4) is 0 Å². The molecule has 3 heterocycles. The van der Waals surface area contributed by atoms with E-state index in [0.717, 1.165) is 38.0 Å². The van der Waals surface area contributed by atoms with Crippen LogP contribution in [0.2, 0.25) is 5.28 Å². The second-order valence-electron chi connectivity index (χ2n) is 10.5. The number of ether oxygens (including phenoxy) is 1. The molecule has 0 aliphatic carbocycles. The molecule has 0 saturated carbocycles. The van der Waals surface area contributed by atoms with Gasteiger partial charge in [-0.3, -0.25) is 13.7 Å². The maximum Gasteiger partial charge on any atom is 0.340 e. The third-order valence-corrected chi connectivity index (χ3v) is 11.2. The highest BCUT2D eigenvalue weighted by molar-refractivity contribution is 7.70. The van der Waals surface area contributed by atoms with E-state index in [0.29, 0.717) is 0 Å². The van der Waals surface area contributed by atoms with Crippen molar-refractivity contribution in [3.63, 3.8) is 0 Å². The quantitative estimate of drug-likeness (QED) is 0.0774. The van der Waals surface area contributed by atoms with Crippen molar-refractivity contribution in [1.82, 2.24) is 19.5 Å². The van der Waals surface area contributed by atoms with Crippen molar-refractivity contribution in [2.75, 3.05) is 17.8 Å². The average Bonchev–Trinajstić information content (AvgIpc) is 3.50. The average molecular weight is 660 g/mol. The number of nitrogens with zero attached hydrogens (tertiary/aromatic N) is 4. The van der Waals surface area contributed by atoms with Gasteiger partial charge in [0, 0.05) is 11.1 Å². The summed E-state index contributed by atoms with van der Waals surface area (Å²) in [4.78, 5) is 40.8. The van der Waals surface area contributed by atoms with Gasteiger partial charge in [-0.05, 0) is 44.6 Å². The lowest BCUT2D eigenvalue weighted by Crippen LogP contribution is -2.33. The van der Waals surface area contributed by atoms with Gasteiger partial charge in [-0.25, -0.2) is 4.98 Å². The Morgan fingerprint density at radius 2 is 1.61 bits per heavy atom. The zero-order valence-electron chi connectivity index (χ0n) is 22.4. The number of aromatic nitrogens is 4. The number of hydrogen-bond donors (Lipinski definition) is 6. The summed E-state index contributed by atoms with van der Waals surface area (Å²) in [5.41, 5.74) is 1.19. The first-order chi connectivity index (χ1) is 20.9. The molecule has 6 N–H and O–H groups in total. The summed E-state index contributed by atoms with van der Waals surface area (Å²) in [6.07, 6.45) is -4.41. The van der Waals surface area contributed by atoms with Crippen LogP contribution in [0.5, 0.6) is 0 Å². The molecule has 3 unspecified atom stereocenters. The first kappa shape index (κ1) is 29.5. The Balaban J connectivity index is 1.21. The first-order valence-corrected chi connectivity index (χ1v) is 17.2. The van der Waals surface area contributed by atoms with Gasteiger partial charge in [0.25, 0.3) is 0 Å². The normalized spacial score (nSPS) is 22.4. The van der Waals surface area contributed by atoms with Gasteiger partial charge in [-0.1, -0.05) is 48.5 Å². The summed E-state index contributed by atoms with van der Waals surface area (Å²) < 4.78 is 35.0. The molecule has 1 fully saturated rings. The Morgan fingerprint density at radius 1 is 0.932 bits per heavy atom. The molecule has 1 saturated heterocycles. The summed E-state index contributed by atoms with van der Waals surface area (Å²) >= 11 is 6.32. The van der Waals surface area contributed by atoms with Crippen LogP contribution < -0.4 is 5.32 Å². The molecule has 5 atom stereocenters. The largest absolute Gasteiger partial charge is 0.387 e. The van der Waals surface area contributed by atoms with E-state index in [-0.39, 0.29) is 22.3 Å². The van der Waals surface area contributed by atoms with E-state index in [1.54, 1.807) is 0 Å². The summed E-state index contributed by atoms with van der Waals surface area (Å²) in [5, 5.41) is 31.0. The van der Waals surface area contributed by atoms with E-state index in [1.165, 1.54) is 10.9 Å². The molecule has 1 aliphatic rings. The number of rotatable bonds is 8. The molecule has 7 rings (SSSR count). The SMILES string of the molecule is O=P(O)(O)CP(=O)(O)OC[C@H]1O[C@@H](n2cnc3c(Nc4ccc5ccc6cccc7ccc4c5c67)nc(Cl)nc32)C(O)C1O. The highest BCUT2D eigenvalue weighted by Crippen LogP contribution is 2.55. The lowest BCUT2D eigenvalue weighted by Gasteiger charge is -2.18. The zero-order chi connectivity index (χ0) is 31.0. The Labute approximate surface area is 252 Å². The number of halogens is 1. The molecular weight excluding hydrogens is 636 g/mol. The number of anilines is 2. The van der Waals surface area contributed by atoms with E-state index in [1.807, 2.05) is 24.3 Å². The first-order valence-electron chi connectivity index (χ1n) is 13.2. The van der Waals surface area contributed by atoms with Crippen LogP contribution in [0.25, 0.3) is 43.5 Å². The predicted molar refractivity (Wildman–Crippen MR) is 162 cm³/mol. The highest BCUT2D eigenvalue weighted by Gasteiger charge is 2.45. The molecule has 0 bridgehead atoms. The lowest BCUT2D eigenvalue weighted by molar-refractivity contribution is -0.0483. The number of benzene rings is 4. The van der Waals surface area contributed by atoms with Crippen molar-refractivity contribution in [1.29, 1.82) is 0 Å². The Hall–Kier alpha value is -3.26. The molecule has 1 aliphatic heterocycles. The van der Waals surface area contributed by atoms with E-state index < -0.39 is 52.2 Å². The van der Waals surface area contributed by atoms with Crippen molar-refractivity contribution in [2.24, 2.45) is 0 Å². The maximum absolute atomic E-state index is 12.1. The summed E-state index contributed by atoms with van der Waals surface area (Å²) in [7, 11) is -9.57. The molecular formula is C27H24ClN5O9P2. The maximum atomic E-state index is 12.1. The number of hydrogen-bond acceptors (Lipinski definition) is 10. The fraction of sp³-hybridized carbons (Fsp3) is 0.222. The van der Waals surface area contributed by atoms with Crippen molar-refractivity contribution >= 4 is 81.8 Å². The van der Waals surface area contributed by atoms with E-state index >= 15 is 0 Å². The van der Waals surface area contributed by atoms with Gasteiger partial charge in [0.15, 0.2) is 29.1 Å². The van der Waals surface area contributed by atoms with Crippen LogP contribution in [0, 0.1) is 0 Å². The van der Waals surface area contributed by atoms with Crippen molar-refractivity contribution in [3.05, 3.63) is 66.2 Å². The monoisotopic (exact) mass is 659 g/mol. The highest BCUT2D eigenvalue weighted by atomic mass is 35.5. The number of nitrogens with one attached hydrogen (secondary N) is 1. The number of aliphatic hydroxyl groups excluding tert-OH is 2. The van der Waals surface area contributed by atoms with Crippen LogP contribution in [0.1, 0.15) is 6.23 Å². The smallest absolute Gasteiger partial charge is 0.340 e. The lowest BCUT2D eigenvalue weighted by atomic mass is 9.93. The molecule has 0 amide bonds. The molecule has 6 aromatic rings. The van der Waals surface area contributed by atoms with Crippen LogP contribution in [0.15, 0.2) is 60.9 Å². The van der Waals surface area contributed by atoms with Gasteiger partial charge in [-0.2, -0.15) is 9.97 Å². The van der Waals surface area contributed by atoms with Crippen LogP contribution >= 0.6 is 26.8 Å². The number of fused-ring (bicyclic) bond motifs is 1. The van der Waals surface area contributed by atoms with Crippen LogP contribution in [-0.2, 0) is 18.4 Å². The van der Waals surface area contributed by atoms with Crippen LogP contribution in [0.4, 0.5) is 11.5 Å². The van der Waals surface area contributed by atoms with Gasteiger partial charge in [0.1, 0.15) is 18.3 Å². The second kappa shape index (κ2) is 10.7. The van der Waals surface area contributed by atoms with Gasteiger partial charge in [0.2, 0.25) is 5.28 Å². The van der Waals surface area contributed by atoms with Gasteiger partial charge in [0.05, 0.1) is 12.9 Å². The second-order valence-corrected chi connectivity index (χ2v) is 14.9. The number of aliphatic hydroxyl groups is 2. The standard InChI is InChI=1S/C27H24ClN5O9P2/c28-27-31-24(30-17-9-7-15-5-4-13-2-1-3-14-6-8-16(17)20(15)19(13)14)21-25(32-27)33(11-29-21)26-23(35)22(34)18(42-26)10-41-44(39,40)12-43(36,37)38/h1-9,11,18,22-23,26,34-35H,10,12H2,(H,39,40)(H,30,31,32)(H2,36,37,38)/t18-,22?,23?,26-/m1/s1. The van der Waals surface area contributed by atoms with Gasteiger partial charge < -0.3 is 39.5 Å². The molecule has 17 heteroatoms. The molecule has 0 spiro atoms. The van der Waals surface area contributed by atoms with Crippen LogP contribution in [0.3, 0.4) is 0 Å². The van der Waals surface area contributed by atoms with Gasteiger partial charge in [-0.15, -0.1) is 0 Å². The Morgan fingerprint density at radius 3 is 2.34 bits per heavy atom. The predicted octanol–water partition coefficient (Wildman–Crippen LogP) is 4.08. The fourth-order valence-electron chi connectivity index (χ4n) is 5.70. The minimum Gasteiger partial charge on any atom is -0.387 e. The summed E-state index contributed by atoms with van der Waals surface area (Å²) in [5.74, 6) is -1.13. The molecule has 14 nitrogen and oxygen atoms in total. The zero-order valence-corrected chi connectivity index (χ0v) is 25.0. The minimum absolute atomic E-state index is 0.133. The summed E-state index contributed by atoms with van der Waals surface area (Å²) in [6, 6.07) is 18.3. The van der Waals surface area contributed by atoms with E-state index in [4.69, 9.17) is 30.6 Å². The topological polar surface area (TPSA) is 209 Å². The molecule has 2 aromatic heterocycles. The van der Waals surface area contributed by atoms with E-state index in [9.17, 15) is 24.2 Å². The Kier molecular flexibility index (Phi) is 7.15. The molecule has 4 aromatic carbocycles. The Bertz CT molecular complexity index is 2140. The number of imidazole rings is 1. The summed E-state index contributed by atoms with van der Waals surface area (Å²) in [6.45, 7) is -0.730. The molecule has 228 valence electrons. The molecule has 44 heavy (non-hydrogen) atoms.